The molecule has 2 atom stereocenters. The molecule has 0 aromatic heterocycles. The highest BCUT2D eigenvalue weighted by molar-refractivity contribution is 6.00. The minimum Gasteiger partial charge on any atom is -0.390 e. The normalized spacial score (nSPS) is 22.2. The SMILES string of the molecule is CCN(CC)CC(O)CNC1CCC(=O)N(C)C1=O. The largest absolute Gasteiger partial charge is 0.390 e. The second-order valence-corrected chi connectivity index (χ2v) is 4.93. The molecule has 0 aromatic carbocycles. The van der Waals surface area contributed by atoms with Crippen molar-refractivity contribution in [2.24, 2.45) is 0 Å². The molecule has 19 heavy (non-hydrogen) atoms. The van der Waals surface area contributed by atoms with Crippen LogP contribution in [0.3, 0.4) is 0 Å². The number of imide groups is 1. The molecule has 1 fully saturated rings. The van der Waals surface area contributed by atoms with Crippen LogP contribution in [0.1, 0.15) is 26.7 Å². The summed E-state index contributed by atoms with van der Waals surface area (Å²) in [6.07, 6.45) is 0.391. The molecule has 0 spiro atoms. The maximum Gasteiger partial charge on any atom is 0.246 e. The van der Waals surface area contributed by atoms with Gasteiger partial charge >= 0.3 is 0 Å². The Hall–Kier alpha value is -0.980. The molecule has 2 unspecified atom stereocenters. The van der Waals surface area contributed by atoms with Crippen LogP contribution in [0.25, 0.3) is 0 Å². The Morgan fingerprint density at radius 1 is 1.42 bits per heavy atom. The lowest BCUT2D eigenvalue weighted by Crippen LogP contribution is -2.53. The standard InChI is InChI=1S/C13H25N3O3/c1-4-16(5-2)9-10(17)8-14-11-6-7-12(18)15(3)13(11)19/h10-11,14,17H,4-9H2,1-3H3. The van der Waals surface area contributed by atoms with E-state index >= 15 is 0 Å². The highest BCUT2D eigenvalue weighted by Crippen LogP contribution is 2.11. The van der Waals surface area contributed by atoms with Crippen LogP contribution in [0.4, 0.5) is 0 Å². The summed E-state index contributed by atoms with van der Waals surface area (Å²) in [5, 5.41) is 13.0. The molecular formula is C13H25N3O3. The molecule has 0 saturated carbocycles. The van der Waals surface area contributed by atoms with Crippen molar-refractivity contribution in [1.29, 1.82) is 0 Å². The van der Waals surface area contributed by atoms with Gasteiger partial charge in [0.15, 0.2) is 0 Å². The van der Waals surface area contributed by atoms with E-state index in [1.807, 2.05) is 0 Å². The fourth-order valence-corrected chi connectivity index (χ4v) is 2.23. The molecule has 6 heteroatoms. The van der Waals surface area contributed by atoms with Gasteiger partial charge in [-0.15, -0.1) is 0 Å². The zero-order valence-electron chi connectivity index (χ0n) is 12.1. The van der Waals surface area contributed by atoms with E-state index in [2.05, 4.69) is 24.1 Å². The fraction of sp³-hybridized carbons (Fsp3) is 0.846. The lowest BCUT2D eigenvalue weighted by Gasteiger charge is -2.29. The van der Waals surface area contributed by atoms with Crippen molar-refractivity contribution >= 4 is 11.8 Å². The number of hydrogen-bond acceptors (Lipinski definition) is 5. The Balaban J connectivity index is 2.36. The van der Waals surface area contributed by atoms with Gasteiger partial charge in [-0.25, -0.2) is 0 Å². The van der Waals surface area contributed by atoms with Crippen LogP contribution in [-0.2, 0) is 9.59 Å². The Labute approximate surface area is 114 Å². The first-order valence-corrected chi connectivity index (χ1v) is 6.93. The monoisotopic (exact) mass is 271 g/mol. The van der Waals surface area contributed by atoms with Crippen LogP contribution in [0.5, 0.6) is 0 Å². The van der Waals surface area contributed by atoms with Crippen LogP contribution in [0.2, 0.25) is 0 Å². The number of piperidine rings is 1. The molecule has 2 amide bonds. The van der Waals surface area contributed by atoms with Crippen molar-refractivity contribution in [3.63, 3.8) is 0 Å². The van der Waals surface area contributed by atoms with E-state index in [9.17, 15) is 14.7 Å². The van der Waals surface area contributed by atoms with Crippen LogP contribution >= 0.6 is 0 Å². The molecule has 0 aliphatic carbocycles. The molecule has 110 valence electrons. The first-order valence-electron chi connectivity index (χ1n) is 6.93. The number of rotatable bonds is 7. The molecule has 1 saturated heterocycles. The smallest absolute Gasteiger partial charge is 0.246 e. The van der Waals surface area contributed by atoms with Gasteiger partial charge in [-0.1, -0.05) is 13.8 Å². The fourth-order valence-electron chi connectivity index (χ4n) is 2.23. The second-order valence-electron chi connectivity index (χ2n) is 4.93. The van der Waals surface area contributed by atoms with Crippen LogP contribution < -0.4 is 5.32 Å². The number of carbonyl (C=O) groups is 2. The number of aliphatic hydroxyl groups is 1. The van der Waals surface area contributed by atoms with E-state index < -0.39 is 6.10 Å². The lowest BCUT2D eigenvalue weighted by molar-refractivity contribution is -0.148. The predicted octanol–water partition coefficient (Wildman–Crippen LogP) is -0.574. The molecular weight excluding hydrogens is 246 g/mol. The molecule has 1 aliphatic rings. The first kappa shape index (κ1) is 16.1. The van der Waals surface area contributed by atoms with E-state index in [4.69, 9.17) is 0 Å². The molecule has 6 nitrogen and oxygen atoms in total. The van der Waals surface area contributed by atoms with Gasteiger partial charge in [0.1, 0.15) is 0 Å². The number of likely N-dealkylation sites (tertiary alicyclic amines) is 1. The average Bonchev–Trinajstić information content (AvgIpc) is 2.41. The molecule has 0 radical (unpaired) electrons. The van der Waals surface area contributed by atoms with Gasteiger partial charge in [0.25, 0.3) is 0 Å². The van der Waals surface area contributed by atoms with Gasteiger partial charge in [0.05, 0.1) is 12.1 Å². The number of nitrogens with zero attached hydrogens (tertiary/aromatic N) is 2. The van der Waals surface area contributed by atoms with E-state index in [1.165, 1.54) is 7.05 Å². The minimum atomic E-state index is -0.504. The molecule has 1 heterocycles. The van der Waals surface area contributed by atoms with Crippen molar-refractivity contribution in [2.45, 2.75) is 38.8 Å². The predicted molar refractivity (Wildman–Crippen MR) is 72.6 cm³/mol. The van der Waals surface area contributed by atoms with Crippen LogP contribution in [-0.4, -0.2) is 72.1 Å². The van der Waals surface area contributed by atoms with Gasteiger partial charge in [-0.05, 0) is 19.5 Å². The van der Waals surface area contributed by atoms with E-state index in [0.29, 0.717) is 25.9 Å². The van der Waals surface area contributed by atoms with Gasteiger partial charge in [-0.3, -0.25) is 14.5 Å². The number of nitrogens with one attached hydrogen (secondary N) is 1. The zero-order chi connectivity index (χ0) is 14.4. The molecule has 2 N–H and O–H groups in total. The highest BCUT2D eigenvalue weighted by Gasteiger charge is 2.31. The lowest BCUT2D eigenvalue weighted by atomic mass is 10.0. The highest BCUT2D eigenvalue weighted by atomic mass is 16.3. The van der Waals surface area contributed by atoms with Gasteiger partial charge in [0, 0.05) is 26.6 Å². The Morgan fingerprint density at radius 3 is 2.63 bits per heavy atom. The zero-order valence-corrected chi connectivity index (χ0v) is 12.1. The summed E-state index contributed by atoms with van der Waals surface area (Å²) in [7, 11) is 1.50. The number of hydrogen-bond donors (Lipinski definition) is 2. The second kappa shape index (κ2) is 7.57. The quantitative estimate of drug-likeness (QED) is 0.607. The summed E-state index contributed by atoms with van der Waals surface area (Å²) in [6.45, 7) is 6.86. The summed E-state index contributed by atoms with van der Waals surface area (Å²) >= 11 is 0. The summed E-state index contributed by atoms with van der Waals surface area (Å²) in [6, 6.07) is -0.353. The third-order valence-electron chi connectivity index (χ3n) is 3.61. The molecule has 1 rings (SSSR count). The topological polar surface area (TPSA) is 72.9 Å². The Bertz CT molecular complexity index is 318. The van der Waals surface area contributed by atoms with Crippen molar-refractivity contribution in [3.8, 4) is 0 Å². The van der Waals surface area contributed by atoms with E-state index in [1.54, 1.807) is 0 Å². The number of carbonyl (C=O) groups excluding carboxylic acids is 2. The summed E-state index contributed by atoms with van der Waals surface area (Å²) in [4.78, 5) is 26.5. The molecule has 0 aromatic rings. The van der Waals surface area contributed by atoms with Crippen molar-refractivity contribution in [1.82, 2.24) is 15.1 Å². The third kappa shape index (κ3) is 4.56. The third-order valence-corrected chi connectivity index (χ3v) is 3.61. The summed E-state index contributed by atoms with van der Waals surface area (Å²) in [5.41, 5.74) is 0. The molecule has 1 aliphatic heterocycles. The number of likely N-dealkylation sites (N-methyl/N-ethyl adjacent to an activating group) is 2. The van der Waals surface area contributed by atoms with Gasteiger partial charge < -0.3 is 15.3 Å². The van der Waals surface area contributed by atoms with E-state index in [-0.39, 0.29) is 17.9 Å². The van der Waals surface area contributed by atoms with Crippen LogP contribution in [0, 0.1) is 0 Å². The maximum absolute atomic E-state index is 11.8. The number of aliphatic hydroxyl groups excluding tert-OH is 1. The average molecular weight is 271 g/mol. The Morgan fingerprint density at radius 2 is 2.05 bits per heavy atom. The minimum absolute atomic E-state index is 0.133. The van der Waals surface area contributed by atoms with E-state index in [0.717, 1.165) is 18.0 Å². The first-order chi connectivity index (χ1) is 8.99. The van der Waals surface area contributed by atoms with Crippen molar-refractivity contribution in [2.75, 3.05) is 33.2 Å². The van der Waals surface area contributed by atoms with Crippen molar-refractivity contribution in [3.05, 3.63) is 0 Å². The van der Waals surface area contributed by atoms with Crippen molar-refractivity contribution < 1.29 is 14.7 Å². The molecule has 0 bridgehead atoms. The maximum atomic E-state index is 11.8. The van der Waals surface area contributed by atoms with Gasteiger partial charge in [0.2, 0.25) is 11.8 Å². The van der Waals surface area contributed by atoms with Gasteiger partial charge in [-0.2, -0.15) is 0 Å². The summed E-state index contributed by atoms with van der Waals surface area (Å²) < 4.78 is 0. The Kier molecular flexibility index (Phi) is 6.41. The van der Waals surface area contributed by atoms with Crippen LogP contribution in [0.15, 0.2) is 0 Å². The number of amides is 2. The summed E-state index contributed by atoms with van der Waals surface area (Å²) in [5.74, 6) is -0.335.